The average molecular weight is 232 g/mol. The number of likely N-dealkylation sites (N-methyl/N-ethyl adjacent to an activating group) is 1. The molecule has 1 heterocycles. The summed E-state index contributed by atoms with van der Waals surface area (Å²) in [5.41, 5.74) is 0. The zero-order chi connectivity index (χ0) is 11.3. The highest BCUT2D eigenvalue weighted by atomic mass is 35.5. The molecule has 1 N–H and O–H groups in total. The van der Waals surface area contributed by atoms with Gasteiger partial charge in [-0.3, -0.25) is 0 Å². The maximum Gasteiger partial charge on any atom is 0.319 e. The Kier molecular flexibility index (Phi) is 4.58. The topological polar surface area (TPSA) is 56.3 Å². The van der Waals surface area contributed by atoms with E-state index >= 15 is 0 Å². The number of rotatable bonds is 5. The first-order chi connectivity index (χ1) is 7.17. The van der Waals surface area contributed by atoms with Gasteiger partial charge in [-0.2, -0.15) is 4.98 Å². The molecule has 0 fully saturated rings. The number of methoxy groups -OCH3 is 1. The van der Waals surface area contributed by atoms with Crippen LogP contribution in [-0.2, 0) is 0 Å². The van der Waals surface area contributed by atoms with Crippen molar-refractivity contribution in [3.05, 3.63) is 11.2 Å². The maximum atomic E-state index is 5.87. The van der Waals surface area contributed by atoms with Gasteiger partial charge in [-0.05, 0) is 14.0 Å². The number of aromatic nitrogens is 2. The molecule has 0 aliphatic carbocycles. The summed E-state index contributed by atoms with van der Waals surface area (Å²) >= 11 is 5.87. The van der Waals surface area contributed by atoms with E-state index in [4.69, 9.17) is 21.1 Å². The van der Waals surface area contributed by atoms with Crippen molar-refractivity contribution in [3.63, 3.8) is 0 Å². The summed E-state index contributed by atoms with van der Waals surface area (Å²) in [5, 5.41) is 3.37. The molecule has 0 saturated heterocycles. The van der Waals surface area contributed by atoms with Crippen molar-refractivity contribution < 1.29 is 9.47 Å². The van der Waals surface area contributed by atoms with Crippen molar-refractivity contribution in [1.29, 1.82) is 0 Å². The average Bonchev–Trinajstić information content (AvgIpc) is 2.21. The third-order valence-corrected chi connectivity index (χ3v) is 1.94. The first kappa shape index (κ1) is 12.0. The van der Waals surface area contributed by atoms with Gasteiger partial charge in [0.2, 0.25) is 5.88 Å². The molecule has 0 bridgehead atoms. The first-order valence-corrected chi connectivity index (χ1v) is 4.93. The zero-order valence-corrected chi connectivity index (χ0v) is 9.71. The van der Waals surface area contributed by atoms with E-state index in [1.807, 2.05) is 14.0 Å². The Bertz CT molecular complexity index is 322. The van der Waals surface area contributed by atoms with Gasteiger partial charge in [0.15, 0.2) is 0 Å². The van der Waals surface area contributed by atoms with Crippen molar-refractivity contribution in [2.75, 3.05) is 20.7 Å². The predicted molar refractivity (Wildman–Crippen MR) is 57.6 cm³/mol. The monoisotopic (exact) mass is 231 g/mol. The van der Waals surface area contributed by atoms with Crippen LogP contribution in [0.3, 0.4) is 0 Å². The Hall–Kier alpha value is -1.07. The summed E-state index contributed by atoms with van der Waals surface area (Å²) in [6.07, 6.45) is 1.43. The molecule has 0 saturated carbocycles. The lowest BCUT2D eigenvalue weighted by Gasteiger charge is -2.14. The van der Waals surface area contributed by atoms with Crippen LogP contribution in [-0.4, -0.2) is 36.8 Å². The fourth-order valence-electron chi connectivity index (χ4n) is 1.04. The molecule has 0 aliphatic rings. The van der Waals surface area contributed by atoms with E-state index < -0.39 is 0 Å². The number of nitrogens with one attached hydrogen (secondary N) is 1. The Morgan fingerprint density at radius 2 is 2.33 bits per heavy atom. The maximum absolute atomic E-state index is 5.87. The van der Waals surface area contributed by atoms with Gasteiger partial charge in [-0.15, -0.1) is 0 Å². The molecular weight excluding hydrogens is 218 g/mol. The van der Waals surface area contributed by atoms with Gasteiger partial charge in [0, 0.05) is 6.54 Å². The molecule has 0 spiro atoms. The predicted octanol–water partition coefficient (Wildman–Crippen LogP) is 1.13. The van der Waals surface area contributed by atoms with Crippen LogP contribution in [0.4, 0.5) is 0 Å². The van der Waals surface area contributed by atoms with Gasteiger partial charge >= 0.3 is 6.01 Å². The Morgan fingerprint density at radius 3 is 2.93 bits per heavy atom. The van der Waals surface area contributed by atoms with Crippen molar-refractivity contribution in [2.45, 2.75) is 13.0 Å². The second-order valence-electron chi connectivity index (χ2n) is 3.00. The molecule has 0 aliphatic heterocycles. The van der Waals surface area contributed by atoms with Gasteiger partial charge in [0.1, 0.15) is 11.1 Å². The fraction of sp³-hybridized carbons (Fsp3) is 0.556. The van der Waals surface area contributed by atoms with E-state index in [0.717, 1.165) is 0 Å². The van der Waals surface area contributed by atoms with Crippen molar-refractivity contribution >= 4 is 11.6 Å². The van der Waals surface area contributed by atoms with Crippen LogP contribution in [0.5, 0.6) is 11.9 Å². The highest BCUT2D eigenvalue weighted by molar-refractivity contribution is 6.31. The van der Waals surface area contributed by atoms with Crippen molar-refractivity contribution in [3.8, 4) is 11.9 Å². The second-order valence-corrected chi connectivity index (χ2v) is 3.40. The molecule has 1 aromatic heterocycles. The number of nitrogens with zero attached hydrogens (tertiary/aromatic N) is 2. The fourth-order valence-corrected chi connectivity index (χ4v) is 1.17. The third-order valence-electron chi connectivity index (χ3n) is 1.68. The smallest absolute Gasteiger partial charge is 0.319 e. The molecule has 15 heavy (non-hydrogen) atoms. The molecule has 1 rings (SSSR count). The number of hydrogen-bond donors (Lipinski definition) is 1. The molecule has 0 aromatic carbocycles. The minimum atomic E-state index is -0.0212. The highest BCUT2D eigenvalue weighted by Gasteiger charge is 2.10. The van der Waals surface area contributed by atoms with Crippen LogP contribution in [0, 0.1) is 0 Å². The van der Waals surface area contributed by atoms with Gasteiger partial charge in [0.25, 0.3) is 0 Å². The SMILES string of the molecule is CNCC(C)Oc1nc(OC)ncc1Cl. The summed E-state index contributed by atoms with van der Waals surface area (Å²) in [4.78, 5) is 7.85. The number of hydrogen-bond acceptors (Lipinski definition) is 5. The van der Waals surface area contributed by atoms with E-state index in [1.165, 1.54) is 13.3 Å². The Balaban J connectivity index is 2.74. The van der Waals surface area contributed by atoms with Crippen LogP contribution >= 0.6 is 11.6 Å². The highest BCUT2D eigenvalue weighted by Crippen LogP contribution is 2.23. The zero-order valence-electron chi connectivity index (χ0n) is 8.95. The Labute approximate surface area is 93.8 Å². The van der Waals surface area contributed by atoms with E-state index in [9.17, 15) is 0 Å². The van der Waals surface area contributed by atoms with Crippen LogP contribution in [0.25, 0.3) is 0 Å². The van der Waals surface area contributed by atoms with Gasteiger partial charge in [-0.25, -0.2) is 4.98 Å². The lowest BCUT2D eigenvalue weighted by atomic mass is 10.4. The molecule has 0 radical (unpaired) electrons. The second kappa shape index (κ2) is 5.72. The number of ether oxygens (including phenoxy) is 2. The van der Waals surface area contributed by atoms with Crippen molar-refractivity contribution in [1.82, 2.24) is 15.3 Å². The van der Waals surface area contributed by atoms with Crippen LogP contribution < -0.4 is 14.8 Å². The standard InChI is InChI=1S/C9H14ClN3O2/c1-6(4-11-2)15-8-7(10)5-12-9(13-8)14-3/h5-6,11H,4H2,1-3H3. The molecule has 5 nitrogen and oxygen atoms in total. The minimum Gasteiger partial charge on any atom is -0.472 e. The normalized spacial score (nSPS) is 12.3. The molecular formula is C9H14ClN3O2. The van der Waals surface area contributed by atoms with E-state index in [0.29, 0.717) is 17.4 Å². The van der Waals surface area contributed by atoms with Gasteiger partial charge < -0.3 is 14.8 Å². The molecule has 1 unspecified atom stereocenters. The number of halogens is 1. The van der Waals surface area contributed by atoms with Crippen LogP contribution in [0.2, 0.25) is 5.02 Å². The molecule has 84 valence electrons. The molecule has 0 amide bonds. The molecule has 1 atom stereocenters. The summed E-state index contributed by atoms with van der Waals surface area (Å²) in [7, 11) is 3.34. The largest absolute Gasteiger partial charge is 0.472 e. The molecule has 6 heteroatoms. The third kappa shape index (κ3) is 3.53. The quantitative estimate of drug-likeness (QED) is 0.823. The van der Waals surface area contributed by atoms with Gasteiger partial charge in [-0.1, -0.05) is 11.6 Å². The first-order valence-electron chi connectivity index (χ1n) is 4.55. The summed E-state index contributed by atoms with van der Waals surface area (Å²) < 4.78 is 10.4. The van der Waals surface area contributed by atoms with Crippen molar-refractivity contribution in [2.24, 2.45) is 0 Å². The summed E-state index contributed by atoms with van der Waals surface area (Å²) in [6, 6.07) is 0.242. The van der Waals surface area contributed by atoms with Gasteiger partial charge in [0.05, 0.1) is 13.3 Å². The van der Waals surface area contributed by atoms with Crippen LogP contribution in [0.1, 0.15) is 6.92 Å². The summed E-state index contributed by atoms with van der Waals surface area (Å²) in [6.45, 7) is 2.63. The lowest BCUT2D eigenvalue weighted by Crippen LogP contribution is -2.26. The van der Waals surface area contributed by atoms with Crippen LogP contribution in [0.15, 0.2) is 6.20 Å². The molecule has 1 aromatic rings. The van der Waals surface area contributed by atoms with E-state index in [2.05, 4.69) is 15.3 Å². The Morgan fingerprint density at radius 1 is 1.60 bits per heavy atom. The minimum absolute atomic E-state index is 0.0212. The summed E-state index contributed by atoms with van der Waals surface area (Å²) in [5.74, 6) is 0.339. The van der Waals surface area contributed by atoms with E-state index in [1.54, 1.807) is 0 Å². The lowest BCUT2D eigenvalue weighted by molar-refractivity contribution is 0.208. The van der Waals surface area contributed by atoms with E-state index in [-0.39, 0.29) is 12.1 Å².